The number of nitrogens with one attached hydrogen (secondary N) is 2. The Bertz CT molecular complexity index is 449. The van der Waals surface area contributed by atoms with Gasteiger partial charge >= 0.3 is 0 Å². The first-order chi connectivity index (χ1) is 9.56. The summed E-state index contributed by atoms with van der Waals surface area (Å²) in [5.41, 5.74) is 0.655. The predicted octanol–water partition coefficient (Wildman–Crippen LogP) is 1.42. The Morgan fingerprint density at radius 3 is 2.85 bits per heavy atom. The molecular formula is C14H19FN2O2S. The second-order valence-electron chi connectivity index (χ2n) is 4.98. The summed E-state index contributed by atoms with van der Waals surface area (Å²) in [5.74, 6) is 1.21. The zero-order chi connectivity index (χ0) is 14.5. The van der Waals surface area contributed by atoms with E-state index >= 15 is 0 Å². The van der Waals surface area contributed by atoms with Crippen molar-refractivity contribution in [1.82, 2.24) is 10.6 Å². The lowest BCUT2D eigenvalue weighted by atomic mass is 10.0. The molecule has 3 unspecified atom stereocenters. The van der Waals surface area contributed by atoms with Crippen LogP contribution in [0.1, 0.15) is 25.0 Å². The van der Waals surface area contributed by atoms with Crippen molar-refractivity contribution >= 4 is 17.7 Å². The molecule has 20 heavy (non-hydrogen) atoms. The smallest absolute Gasteiger partial charge is 0.238 e. The largest absolute Gasteiger partial charge is 0.388 e. The van der Waals surface area contributed by atoms with Gasteiger partial charge < -0.3 is 10.4 Å². The molecular weight excluding hydrogens is 279 g/mol. The monoisotopic (exact) mass is 298 g/mol. The Morgan fingerprint density at radius 2 is 2.25 bits per heavy atom. The minimum Gasteiger partial charge on any atom is -0.388 e. The maximum Gasteiger partial charge on any atom is 0.238 e. The van der Waals surface area contributed by atoms with Crippen molar-refractivity contribution in [2.24, 2.45) is 0 Å². The lowest BCUT2D eigenvalue weighted by molar-refractivity contribution is -0.123. The molecule has 1 aliphatic heterocycles. The van der Waals surface area contributed by atoms with Gasteiger partial charge in [0.1, 0.15) is 5.82 Å². The zero-order valence-electron chi connectivity index (χ0n) is 11.3. The van der Waals surface area contributed by atoms with Crippen molar-refractivity contribution in [3.63, 3.8) is 0 Å². The summed E-state index contributed by atoms with van der Waals surface area (Å²) in [5, 5.41) is 16.1. The normalized spacial score (nSPS) is 21.4. The van der Waals surface area contributed by atoms with E-state index in [4.69, 9.17) is 0 Å². The molecule has 1 saturated heterocycles. The van der Waals surface area contributed by atoms with Crippen LogP contribution < -0.4 is 10.6 Å². The van der Waals surface area contributed by atoms with Gasteiger partial charge in [0.2, 0.25) is 5.91 Å². The molecule has 1 fully saturated rings. The Labute approximate surface area is 122 Å². The van der Waals surface area contributed by atoms with Gasteiger partial charge in [-0.2, -0.15) is 0 Å². The van der Waals surface area contributed by atoms with E-state index in [1.165, 1.54) is 12.1 Å². The van der Waals surface area contributed by atoms with Gasteiger partial charge in [-0.15, -0.1) is 11.8 Å². The highest BCUT2D eigenvalue weighted by Gasteiger charge is 2.24. The average Bonchev–Trinajstić information content (AvgIpc) is 2.93. The van der Waals surface area contributed by atoms with E-state index in [0.29, 0.717) is 12.0 Å². The maximum absolute atomic E-state index is 12.8. The Morgan fingerprint density at radius 1 is 1.55 bits per heavy atom. The van der Waals surface area contributed by atoms with E-state index in [2.05, 4.69) is 10.6 Å². The van der Waals surface area contributed by atoms with Crippen molar-refractivity contribution in [1.29, 1.82) is 0 Å². The van der Waals surface area contributed by atoms with Crippen LogP contribution in [0.15, 0.2) is 24.3 Å². The molecule has 3 N–H and O–H groups in total. The third kappa shape index (κ3) is 4.19. The molecule has 1 amide bonds. The number of carbonyl (C=O) groups excluding carboxylic acids is 1. The fraction of sp³-hybridized carbons (Fsp3) is 0.500. The van der Waals surface area contributed by atoms with Crippen LogP contribution in [0.25, 0.3) is 0 Å². The summed E-state index contributed by atoms with van der Waals surface area (Å²) in [7, 11) is 0. The van der Waals surface area contributed by atoms with Crippen molar-refractivity contribution in [3.8, 4) is 0 Å². The zero-order valence-corrected chi connectivity index (χ0v) is 12.1. The van der Waals surface area contributed by atoms with Gasteiger partial charge in [-0.25, -0.2) is 4.39 Å². The molecule has 0 spiro atoms. The SMILES string of the molecule is CC(CC(O)c1ccc(F)cc1)NC(=O)C1CSCN1. The van der Waals surface area contributed by atoms with E-state index in [0.717, 1.165) is 11.6 Å². The molecule has 1 aromatic rings. The quantitative estimate of drug-likeness (QED) is 0.769. The number of halogens is 1. The van der Waals surface area contributed by atoms with Crippen molar-refractivity contribution in [2.75, 3.05) is 11.6 Å². The molecule has 110 valence electrons. The molecule has 0 aromatic heterocycles. The fourth-order valence-electron chi connectivity index (χ4n) is 2.12. The van der Waals surface area contributed by atoms with E-state index in [9.17, 15) is 14.3 Å². The van der Waals surface area contributed by atoms with Gasteiger partial charge in [0.15, 0.2) is 0 Å². The number of amides is 1. The summed E-state index contributed by atoms with van der Waals surface area (Å²) in [6.07, 6.45) is -0.311. The van der Waals surface area contributed by atoms with Crippen LogP contribution in [0, 0.1) is 5.82 Å². The van der Waals surface area contributed by atoms with Gasteiger partial charge in [0.25, 0.3) is 0 Å². The molecule has 0 radical (unpaired) electrons. The van der Waals surface area contributed by atoms with Crippen LogP contribution in [-0.2, 0) is 4.79 Å². The van der Waals surface area contributed by atoms with Gasteiger partial charge in [-0.05, 0) is 31.0 Å². The number of aliphatic hydroxyl groups is 1. The van der Waals surface area contributed by atoms with E-state index in [1.54, 1.807) is 23.9 Å². The number of thioether (sulfide) groups is 1. The number of rotatable bonds is 5. The second kappa shape index (κ2) is 7.06. The van der Waals surface area contributed by atoms with Gasteiger partial charge in [-0.3, -0.25) is 10.1 Å². The molecule has 1 aliphatic rings. The van der Waals surface area contributed by atoms with Crippen LogP contribution in [-0.4, -0.2) is 34.7 Å². The summed E-state index contributed by atoms with van der Waals surface area (Å²) in [4.78, 5) is 11.9. The first-order valence-electron chi connectivity index (χ1n) is 6.61. The third-order valence-electron chi connectivity index (χ3n) is 3.25. The van der Waals surface area contributed by atoms with Gasteiger partial charge in [0.05, 0.1) is 12.1 Å². The number of benzene rings is 1. The second-order valence-corrected chi connectivity index (χ2v) is 6.01. The molecule has 4 nitrogen and oxygen atoms in total. The first-order valence-corrected chi connectivity index (χ1v) is 7.77. The third-order valence-corrected chi connectivity index (χ3v) is 4.19. The Hall–Kier alpha value is -1.11. The summed E-state index contributed by atoms with van der Waals surface area (Å²) >= 11 is 1.69. The highest BCUT2D eigenvalue weighted by atomic mass is 32.2. The molecule has 0 bridgehead atoms. The number of aliphatic hydroxyl groups excluding tert-OH is 1. The number of hydrogen-bond donors (Lipinski definition) is 3. The van der Waals surface area contributed by atoms with E-state index in [-0.39, 0.29) is 23.8 Å². The summed E-state index contributed by atoms with van der Waals surface area (Å²) in [6.45, 7) is 1.85. The predicted molar refractivity (Wildman–Crippen MR) is 77.8 cm³/mol. The highest BCUT2D eigenvalue weighted by Crippen LogP contribution is 2.19. The lowest BCUT2D eigenvalue weighted by Gasteiger charge is -2.20. The molecule has 2 rings (SSSR count). The van der Waals surface area contributed by atoms with Crippen LogP contribution >= 0.6 is 11.8 Å². The molecule has 1 heterocycles. The molecule has 3 atom stereocenters. The standard InChI is InChI=1S/C14H19FN2O2S/c1-9(17-14(19)12-7-20-8-16-12)6-13(18)10-2-4-11(15)5-3-10/h2-5,9,12-13,16,18H,6-8H2,1H3,(H,17,19). The van der Waals surface area contributed by atoms with E-state index < -0.39 is 6.10 Å². The summed E-state index contributed by atoms with van der Waals surface area (Å²) < 4.78 is 12.8. The van der Waals surface area contributed by atoms with Crippen LogP contribution in [0.2, 0.25) is 0 Å². The Kier molecular flexibility index (Phi) is 5.39. The highest BCUT2D eigenvalue weighted by molar-refractivity contribution is 7.99. The van der Waals surface area contributed by atoms with Crippen molar-refractivity contribution in [2.45, 2.75) is 31.5 Å². The first kappa shape index (κ1) is 15.3. The van der Waals surface area contributed by atoms with Crippen LogP contribution in [0.5, 0.6) is 0 Å². The number of carbonyl (C=O) groups is 1. The minimum atomic E-state index is -0.711. The summed E-state index contributed by atoms with van der Waals surface area (Å²) in [6, 6.07) is 5.47. The molecule has 1 aromatic carbocycles. The van der Waals surface area contributed by atoms with Crippen molar-refractivity contribution < 1.29 is 14.3 Å². The molecule has 0 aliphatic carbocycles. The lowest BCUT2D eigenvalue weighted by Crippen LogP contribution is -2.45. The molecule has 0 saturated carbocycles. The number of hydrogen-bond acceptors (Lipinski definition) is 4. The molecule has 6 heteroatoms. The minimum absolute atomic E-state index is 0.0335. The Balaban J connectivity index is 1.82. The average molecular weight is 298 g/mol. The van der Waals surface area contributed by atoms with Crippen molar-refractivity contribution in [3.05, 3.63) is 35.6 Å². The van der Waals surface area contributed by atoms with E-state index in [1.807, 2.05) is 6.92 Å². The fourth-order valence-corrected chi connectivity index (χ4v) is 3.06. The van der Waals surface area contributed by atoms with Gasteiger partial charge in [0, 0.05) is 17.7 Å². The van der Waals surface area contributed by atoms with Gasteiger partial charge in [-0.1, -0.05) is 12.1 Å². The van der Waals surface area contributed by atoms with Crippen LogP contribution in [0.4, 0.5) is 4.39 Å². The topological polar surface area (TPSA) is 61.4 Å². The van der Waals surface area contributed by atoms with Crippen LogP contribution in [0.3, 0.4) is 0 Å². The maximum atomic E-state index is 12.8.